The van der Waals surface area contributed by atoms with Crippen LogP contribution >= 0.6 is 0 Å². The molecule has 84 valence electrons. The molecule has 0 aliphatic rings. The molecule has 2 atom stereocenters. The van der Waals surface area contributed by atoms with Crippen molar-refractivity contribution in [3.63, 3.8) is 0 Å². The first-order valence-electron chi connectivity index (χ1n) is 4.11. The number of aliphatic hydroxyl groups is 1. The standard InChI is InChI=1S/C9H10F3NO2/c10-9(11,12)8(15)7(13)5-1-3-6(14)4-2-5/h1-4,7-8,14-15H,13H2/t7-,8-/m0/s1. The molecule has 15 heavy (non-hydrogen) atoms. The molecule has 1 aromatic rings. The molecule has 1 rings (SSSR count). The van der Waals surface area contributed by atoms with Gasteiger partial charge in [0.1, 0.15) is 5.75 Å². The fourth-order valence-corrected chi connectivity index (χ4v) is 1.08. The first-order valence-corrected chi connectivity index (χ1v) is 4.11. The molecule has 3 nitrogen and oxygen atoms in total. The summed E-state index contributed by atoms with van der Waals surface area (Å²) in [6.45, 7) is 0. The van der Waals surface area contributed by atoms with Crippen LogP contribution in [0.1, 0.15) is 11.6 Å². The fourth-order valence-electron chi connectivity index (χ4n) is 1.08. The van der Waals surface area contributed by atoms with E-state index in [0.29, 0.717) is 0 Å². The van der Waals surface area contributed by atoms with Crippen LogP contribution in [-0.2, 0) is 0 Å². The van der Waals surface area contributed by atoms with E-state index in [-0.39, 0.29) is 11.3 Å². The minimum absolute atomic E-state index is 0.0764. The summed E-state index contributed by atoms with van der Waals surface area (Å²) >= 11 is 0. The third kappa shape index (κ3) is 2.84. The molecular weight excluding hydrogens is 211 g/mol. The summed E-state index contributed by atoms with van der Waals surface area (Å²) in [7, 11) is 0. The molecule has 0 aliphatic carbocycles. The van der Waals surface area contributed by atoms with Crippen molar-refractivity contribution in [1.82, 2.24) is 0 Å². The highest BCUT2D eigenvalue weighted by Gasteiger charge is 2.42. The van der Waals surface area contributed by atoms with E-state index >= 15 is 0 Å². The number of hydrogen-bond donors (Lipinski definition) is 3. The molecule has 1 aromatic carbocycles. The Bertz CT molecular complexity index is 323. The van der Waals surface area contributed by atoms with Crippen molar-refractivity contribution in [2.45, 2.75) is 18.3 Å². The number of nitrogens with two attached hydrogens (primary N) is 1. The van der Waals surface area contributed by atoms with Gasteiger partial charge in [0.25, 0.3) is 0 Å². The maximum atomic E-state index is 12.1. The van der Waals surface area contributed by atoms with Gasteiger partial charge in [0, 0.05) is 0 Å². The van der Waals surface area contributed by atoms with Crippen molar-refractivity contribution < 1.29 is 23.4 Å². The van der Waals surface area contributed by atoms with Crippen LogP contribution in [0, 0.1) is 0 Å². The molecule has 0 unspecified atom stereocenters. The number of aliphatic hydroxyl groups excluding tert-OH is 1. The van der Waals surface area contributed by atoms with Gasteiger partial charge in [0.2, 0.25) is 0 Å². The molecule has 0 fully saturated rings. The summed E-state index contributed by atoms with van der Waals surface area (Å²) in [5, 5.41) is 17.8. The van der Waals surface area contributed by atoms with Gasteiger partial charge in [-0.15, -0.1) is 0 Å². The zero-order valence-corrected chi connectivity index (χ0v) is 7.57. The Morgan fingerprint density at radius 3 is 2.00 bits per heavy atom. The third-order valence-electron chi connectivity index (χ3n) is 1.95. The SMILES string of the molecule is N[C@@H](c1ccc(O)cc1)[C@H](O)C(F)(F)F. The minimum atomic E-state index is -4.75. The van der Waals surface area contributed by atoms with Crippen LogP contribution in [0.25, 0.3) is 0 Å². The Hall–Kier alpha value is -1.27. The highest BCUT2D eigenvalue weighted by Crippen LogP contribution is 2.29. The number of hydrogen-bond acceptors (Lipinski definition) is 3. The lowest BCUT2D eigenvalue weighted by molar-refractivity contribution is -0.210. The summed E-state index contributed by atoms with van der Waals surface area (Å²) in [6, 6.07) is 3.33. The monoisotopic (exact) mass is 221 g/mol. The van der Waals surface area contributed by atoms with Gasteiger partial charge in [-0.05, 0) is 17.7 Å². The normalized spacial score (nSPS) is 16.1. The lowest BCUT2D eigenvalue weighted by Crippen LogP contribution is -2.38. The molecule has 0 amide bonds. The molecule has 0 saturated carbocycles. The largest absolute Gasteiger partial charge is 0.508 e. The van der Waals surface area contributed by atoms with E-state index in [4.69, 9.17) is 15.9 Å². The maximum absolute atomic E-state index is 12.1. The summed E-state index contributed by atoms with van der Waals surface area (Å²) in [4.78, 5) is 0. The van der Waals surface area contributed by atoms with Crippen molar-refractivity contribution in [1.29, 1.82) is 0 Å². The van der Waals surface area contributed by atoms with Gasteiger partial charge >= 0.3 is 6.18 Å². The van der Waals surface area contributed by atoms with Gasteiger partial charge in [-0.1, -0.05) is 12.1 Å². The van der Waals surface area contributed by atoms with Crippen LogP contribution in [0.15, 0.2) is 24.3 Å². The first kappa shape index (κ1) is 11.8. The summed E-state index contributed by atoms with van der Waals surface area (Å²) in [5.74, 6) is -0.0764. The van der Waals surface area contributed by atoms with Crippen LogP contribution in [0.3, 0.4) is 0 Å². The number of halogens is 3. The molecule has 0 radical (unpaired) electrons. The number of phenols is 1. The average Bonchev–Trinajstić information content (AvgIpc) is 2.15. The quantitative estimate of drug-likeness (QED) is 0.705. The van der Waals surface area contributed by atoms with Gasteiger partial charge < -0.3 is 15.9 Å². The molecule has 4 N–H and O–H groups in total. The number of benzene rings is 1. The second-order valence-corrected chi connectivity index (χ2v) is 3.10. The Morgan fingerprint density at radius 2 is 1.60 bits per heavy atom. The Kier molecular flexibility index (Phi) is 3.21. The van der Waals surface area contributed by atoms with E-state index in [2.05, 4.69) is 0 Å². The number of aromatic hydroxyl groups is 1. The highest BCUT2D eigenvalue weighted by molar-refractivity contribution is 5.28. The van der Waals surface area contributed by atoms with E-state index in [1.165, 1.54) is 24.3 Å². The Morgan fingerprint density at radius 1 is 1.13 bits per heavy atom. The summed E-state index contributed by atoms with van der Waals surface area (Å²) in [6.07, 6.45) is -7.36. The van der Waals surface area contributed by atoms with Crippen molar-refractivity contribution in [2.75, 3.05) is 0 Å². The Balaban J connectivity index is 2.85. The van der Waals surface area contributed by atoms with Gasteiger partial charge in [-0.3, -0.25) is 0 Å². The topological polar surface area (TPSA) is 66.5 Å². The van der Waals surface area contributed by atoms with E-state index in [9.17, 15) is 13.2 Å². The van der Waals surface area contributed by atoms with E-state index in [1.54, 1.807) is 0 Å². The molecule has 0 heterocycles. The smallest absolute Gasteiger partial charge is 0.416 e. The minimum Gasteiger partial charge on any atom is -0.508 e. The number of rotatable bonds is 2. The lowest BCUT2D eigenvalue weighted by Gasteiger charge is -2.21. The molecule has 6 heteroatoms. The zero-order chi connectivity index (χ0) is 11.6. The van der Waals surface area contributed by atoms with Gasteiger partial charge in [-0.25, -0.2) is 0 Å². The molecule has 0 aromatic heterocycles. The lowest BCUT2D eigenvalue weighted by atomic mass is 10.0. The zero-order valence-electron chi connectivity index (χ0n) is 7.57. The molecule has 0 bridgehead atoms. The third-order valence-corrected chi connectivity index (χ3v) is 1.95. The van der Waals surface area contributed by atoms with Crippen molar-refractivity contribution >= 4 is 0 Å². The maximum Gasteiger partial charge on any atom is 0.416 e. The molecule has 0 saturated heterocycles. The second kappa shape index (κ2) is 4.08. The van der Waals surface area contributed by atoms with E-state index in [1.807, 2.05) is 0 Å². The van der Waals surface area contributed by atoms with Gasteiger partial charge in [0.05, 0.1) is 6.04 Å². The van der Waals surface area contributed by atoms with Gasteiger partial charge in [0.15, 0.2) is 6.10 Å². The average molecular weight is 221 g/mol. The van der Waals surface area contributed by atoms with Gasteiger partial charge in [-0.2, -0.15) is 13.2 Å². The second-order valence-electron chi connectivity index (χ2n) is 3.10. The molecular formula is C9H10F3NO2. The van der Waals surface area contributed by atoms with Crippen molar-refractivity contribution in [3.05, 3.63) is 29.8 Å². The van der Waals surface area contributed by atoms with E-state index in [0.717, 1.165) is 0 Å². The Labute approximate surface area is 84.0 Å². The van der Waals surface area contributed by atoms with Crippen molar-refractivity contribution in [2.24, 2.45) is 5.73 Å². The van der Waals surface area contributed by atoms with Crippen LogP contribution in [0.4, 0.5) is 13.2 Å². The predicted molar refractivity (Wildman–Crippen MR) is 47.1 cm³/mol. The molecule has 0 spiro atoms. The predicted octanol–water partition coefficient (Wildman–Crippen LogP) is 1.32. The first-order chi connectivity index (χ1) is 6.82. The van der Waals surface area contributed by atoms with Crippen molar-refractivity contribution in [3.8, 4) is 5.75 Å². The number of alkyl halides is 3. The van der Waals surface area contributed by atoms with Crippen LogP contribution in [-0.4, -0.2) is 22.5 Å². The molecule has 0 aliphatic heterocycles. The summed E-state index contributed by atoms with van der Waals surface area (Å²) < 4.78 is 36.3. The van der Waals surface area contributed by atoms with Crippen LogP contribution < -0.4 is 5.73 Å². The highest BCUT2D eigenvalue weighted by atomic mass is 19.4. The van der Waals surface area contributed by atoms with E-state index < -0.39 is 18.3 Å². The summed E-state index contributed by atoms with van der Waals surface area (Å²) in [5.41, 5.74) is 5.33. The number of phenolic OH excluding ortho intramolecular Hbond substituents is 1. The van der Waals surface area contributed by atoms with Crippen LogP contribution in [0.2, 0.25) is 0 Å². The van der Waals surface area contributed by atoms with Crippen LogP contribution in [0.5, 0.6) is 5.75 Å². The fraction of sp³-hybridized carbons (Fsp3) is 0.333.